The first-order chi connectivity index (χ1) is 9.95. The van der Waals surface area contributed by atoms with E-state index in [0.717, 1.165) is 16.6 Å². The standard InChI is InChI=1S/C13H15N3O3S2/c14-8-4-5-9-10(7-8)20-13(15-9)16-12(17)11-3-1-2-6-21(11,18)19/h4-5,7,11H,1-3,6,14H2,(H,15,16,17). The smallest absolute Gasteiger partial charge is 0.244 e. The van der Waals surface area contributed by atoms with Gasteiger partial charge in [0.2, 0.25) is 5.91 Å². The molecule has 1 aliphatic rings. The Labute approximate surface area is 126 Å². The number of hydrogen-bond acceptors (Lipinski definition) is 6. The molecule has 1 unspecified atom stereocenters. The van der Waals surface area contributed by atoms with Crippen LogP contribution < -0.4 is 11.1 Å². The van der Waals surface area contributed by atoms with E-state index >= 15 is 0 Å². The Morgan fingerprint density at radius 3 is 2.95 bits per heavy atom. The van der Waals surface area contributed by atoms with Gasteiger partial charge in [0, 0.05) is 5.69 Å². The number of fused-ring (bicyclic) bond motifs is 1. The van der Waals surface area contributed by atoms with Gasteiger partial charge in [-0.2, -0.15) is 0 Å². The molecule has 1 aliphatic heterocycles. The molecule has 1 fully saturated rings. The van der Waals surface area contributed by atoms with Gasteiger partial charge >= 0.3 is 0 Å². The molecule has 2 aromatic rings. The van der Waals surface area contributed by atoms with Crippen LogP contribution in [0.15, 0.2) is 18.2 Å². The number of aromatic nitrogens is 1. The summed E-state index contributed by atoms with van der Waals surface area (Å²) in [5.41, 5.74) is 7.06. The van der Waals surface area contributed by atoms with Crippen LogP contribution in [0.4, 0.5) is 10.8 Å². The van der Waals surface area contributed by atoms with E-state index in [1.54, 1.807) is 18.2 Å². The number of thiazole rings is 1. The molecule has 1 aromatic heterocycles. The molecule has 0 radical (unpaired) electrons. The average Bonchev–Trinajstić information content (AvgIpc) is 2.79. The van der Waals surface area contributed by atoms with Crippen LogP contribution in [0.25, 0.3) is 10.2 Å². The van der Waals surface area contributed by atoms with Crippen LogP contribution in [0, 0.1) is 0 Å². The van der Waals surface area contributed by atoms with Gasteiger partial charge in [-0.3, -0.25) is 4.79 Å². The Morgan fingerprint density at radius 2 is 2.19 bits per heavy atom. The lowest BCUT2D eigenvalue weighted by Gasteiger charge is -2.20. The van der Waals surface area contributed by atoms with Crippen molar-refractivity contribution in [3.05, 3.63) is 18.2 Å². The van der Waals surface area contributed by atoms with Gasteiger partial charge in [-0.05, 0) is 31.0 Å². The first kappa shape index (κ1) is 14.3. The zero-order valence-corrected chi connectivity index (χ0v) is 12.8. The second-order valence-electron chi connectivity index (χ2n) is 5.09. The van der Waals surface area contributed by atoms with Crippen LogP contribution in [0.5, 0.6) is 0 Å². The van der Waals surface area contributed by atoms with Gasteiger partial charge in [-0.1, -0.05) is 17.8 Å². The van der Waals surface area contributed by atoms with Gasteiger partial charge in [-0.25, -0.2) is 13.4 Å². The van der Waals surface area contributed by atoms with Gasteiger partial charge in [0.15, 0.2) is 15.0 Å². The Kier molecular flexibility index (Phi) is 3.58. The maximum atomic E-state index is 12.2. The number of nitrogens with two attached hydrogens (primary N) is 1. The number of rotatable bonds is 2. The molecular weight excluding hydrogens is 310 g/mol. The summed E-state index contributed by atoms with van der Waals surface area (Å²) in [4.78, 5) is 16.5. The fourth-order valence-electron chi connectivity index (χ4n) is 2.43. The number of benzene rings is 1. The van der Waals surface area contributed by atoms with E-state index in [9.17, 15) is 13.2 Å². The fourth-order valence-corrected chi connectivity index (χ4v) is 5.15. The van der Waals surface area contributed by atoms with E-state index < -0.39 is 21.0 Å². The molecule has 8 heteroatoms. The van der Waals surface area contributed by atoms with Gasteiger partial charge in [0.05, 0.1) is 16.0 Å². The van der Waals surface area contributed by atoms with Crippen LogP contribution in [0.1, 0.15) is 19.3 Å². The maximum absolute atomic E-state index is 12.2. The molecule has 0 bridgehead atoms. The van der Waals surface area contributed by atoms with E-state index in [-0.39, 0.29) is 5.75 Å². The number of carbonyl (C=O) groups excluding carboxylic acids is 1. The van der Waals surface area contributed by atoms with Crippen molar-refractivity contribution in [1.82, 2.24) is 4.98 Å². The van der Waals surface area contributed by atoms with Crippen LogP contribution >= 0.6 is 11.3 Å². The number of anilines is 2. The predicted octanol–water partition coefficient (Wildman–Crippen LogP) is 1.78. The lowest BCUT2D eigenvalue weighted by atomic mass is 10.2. The Morgan fingerprint density at radius 1 is 1.38 bits per heavy atom. The summed E-state index contributed by atoms with van der Waals surface area (Å²) in [5, 5.41) is 2.07. The first-order valence-electron chi connectivity index (χ1n) is 6.64. The molecule has 1 aromatic carbocycles. The highest BCUT2D eigenvalue weighted by molar-refractivity contribution is 7.92. The minimum Gasteiger partial charge on any atom is -0.399 e. The average molecular weight is 325 g/mol. The highest BCUT2D eigenvalue weighted by Gasteiger charge is 2.35. The number of carbonyl (C=O) groups is 1. The van der Waals surface area contributed by atoms with E-state index in [0.29, 0.717) is 23.7 Å². The van der Waals surface area contributed by atoms with E-state index in [1.807, 2.05) is 0 Å². The SMILES string of the molecule is Nc1ccc2nc(NC(=O)C3CCCCS3(=O)=O)sc2c1. The molecule has 1 saturated heterocycles. The second-order valence-corrected chi connectivity index (χ2v) is 8.42. The molecule has 0 saturated carbocycles. The van der Waals surface area contributed by atoms with Crippen molar-refractivity contribution in [2.24, 2.45) is 0 Å². The maximum Gasteiger partial charge on any atom is 0.244 e. The molecule has 0 spiro atoms. The summed E-state index contributed by atoms with van der Waals surface area (Å²) in [6.45, 7) is 0. The third kappa shape index (κ3) is 2.86. The van der Waals surface area contributed by atoms with Crippen molar-refractivity contribution in [1.29, 1.82) is 0 Å². The van der Waals surface area contributed by atoms with Crippen molar-refractivity contribution in [3.8, 4) is 0 Å². The Balaban J connectivity index is 1.82. The zero-order valence-electron chi connectivity index (χ0n) is 11.2. The number of amides is 1. The van der Waals surface area contributed by atoms with E-state index in [4.69, 9.17) is 5.73 Å². The summed E-state index contributed by atoms with van der Waals surface area (Å²) < 4.78 is 24.7. The molecule has 0 aliphatic carbocycles. The number of sulfone groups is 1. The monoisotopic (exact) mass is 325 g/mol. The summed E-state index contributed by atoms with van der Waals surface area (Å²) in [6.07, 6.45) is 1.77. The topological polar surface area (TPSA) is 102 Å². The van der Waals surface area contributed by atoms with Gasteiger partial charge in [0.1, 0.15) is 5.25 Å². The largest absolute Gasteiger partial charge is 0.399 e. The Bertz CT molecular complexity index is 798. The van der Waals surface area contributed by atoms with Gasteiger partial charge < -0.3 is 11.1 Å². The number of nitrogen functional groups attached to an aromatic ring is 1. The predicted molar refractivity (Wildman–Crippen MR) is 84.1 cm³/mol. The summed E-state index contributed by atoms with van der Waals surface area (Å²) in [7, 11) is -3.33. The molecule has 3 rings (SSSR count). The highest BCUT2D eigenvalue weighted by Crippen LogP contribution is 2.28. The van der Waals surface area contributed by atoms with Crippen molar-refractivity contribution in [2.45, 2.75) is 24.5 Å². The second kappa shape index (κ2) is 5.27. The van der Waals surface area contributed by atoms with Crippen molar-refractivity contribution in [2.75, 3.05) is 16.8 Å². The summed E-state index contributed by atoms with van der Waals surface area (Å²) >= 11 is 1.29. The molecular formula is C13H15N3O3S2. The molecule has 21 heavy (non-hydrogen) atoms. The highest BCUT2D eigenvalue weighted by atomic mass is 32.2. The zero-order chi connectivity index (χ0) is 15.0. The molecule has 112 valence electrons. The molecule has 1 amide bonds. The van der Waals surface area contributed by atoms with Gasteiger partial charge in [0.25, 0.3) is 0 Å². The van der Waals surface area contributed by atoms with Crippen molar-refractivity contribution in [3.63, 3.8) is 0 Å². The van der Waals surface area contributed by atoms with Crippen LogP contribution in [-0.4, -0.2) is 30.3 Å². The van der Waals surface area contributed by atoms with E-state index in [1.165, 1.54) is 11.3 Å². The number of nitrogens with one attached hydrogen (secondary N) is 1. The van der Waals surface area contributed by atoms with Crippen molar-refractivity contribution < 1.29 is 13.2 Å². The lowest BCUT2D eigenvalue weighted by molar-refractivity contribution is -0.116. The first-order valence-corrected chi connectivity index (χ1v) is 9.17. The minimum absolute atomic E-state index is 0.0848. The fraction of sp³-hybridized carbons (Fsp3) is 0.385. The minimum atomic E-state index is -3.33. The molecule has 3 N–H and O–H groups in total. The lowest BCUT2D eigenvalue weighted by Crippen LogP contribution is -2.39. The van der Waals surface area contributed by atoms with Crippen molar-refractivity contribution >= 4 is 48.1 Å². The molecule has 6 nitrogen and oxygen atoms in total. The third-order valence-corrected chi connectivity index (χ3v) is 6.62. The molecule has 2 heterocycles. The third-order valence-electron chi connectivity index (χ3n) is 3.51. The molecule has 1 atom stereocenters. The summed E-state index contributed by atoms with van der Waals surface area (Å²) in [5.74, 6) is -0.400. The summed E-state index contributed by atoms with van der Waals surface area (Å²) in [6, 6.07) is 5.29. The van der Waals surface area contributed by atoms with E-state index in [2.05, 4.69) is 10.3 Å². The Hall–Kier alpha value is -1.67. The van der Waals surface area contributed by atoms with Gasteiger partial charge in [-0.15, -0.1) is 0 Å². The number of hydrogen-bond donors (Lipinski definition) is 2. The number of nitrogens with zero attached hydrogens (tertiary/aromatic N) is 1. The normalized spacial score (nSPS) is 21.2. The van der Waals surface area contributed by atoms with Crippen LogP contribution in [0.3, 0.4) is 0 Å². The van der Waals surface area contributed by atoms with Crippen LogP contribution in [0.2, 0.25) is 0 Å². The quantitative estimate of drug-likeness (QED) is 0.820. The van der Waals surface area contributed by atoms with Crippen LogP contribution in [-0.2, 0) is 14.6 Å².